The van der Waals surface area contributed by atoms with Gasteiger partial charge in [0.2, 0.25) is 5.91 Å². The second kappa shape index (κ2) is 8.27. The zero-order chi connectivity index (χ0) is 17.6. The number of benzene rings is 1. The quantitative estimate of drug-likeness (QED) is 0.870. The van der Waals surface area contributed by atoms with Crippen molar-refractivity contribution in [3.63, 3.8) is 0 Å². The van der Waals surface area contributed by atoms with Crippen molar-refractivity contribution in [1.82, 2.24) is 5.32 Å². The molecular formula is C19H26N2O3. The zero-order valence-electron chi connectivity index (χ0n) is 14.7. The van der Waals surface area contributed by atoms with Crippen LogP contribution in [0, 0.1) is 11.3 Å². The molecular weight excluding hydrogens is 304 g/mol. The Morgan fingerprint density at radius 2 is 2.12 bits per heavy atom. The second-order valence-corrected chi connectivity index (χ2v) is 7.15. The van der Waals surface area contributed by atoms with E-state index in [-0.39, 0.29) is 24.0 Å². The lowest BCUT2D eigenvalue weighted by molar-refractivity contribution is -0.127. The predicted molar refractivity (Wildman–Crippen MR) is 91.4 cm³/mol. The van der Waals surface area contributed by atoms with Crippen LogP contribution in [0.3, 0.4) is 0 Å². The summed E-state index contributed by atoms with van der Waals surface area (Å²) in [7, 11) is 0. The van der Waals surface area contributed by atoms with Gasteiger partial charge >= 0.3 is 0 Å². The first kappa shape index (κ1) is 18.4. The van der Waals surface area contributed by atoms with Crippen LogP contribution in [0.2, 0.25) is 0 Å². The maximum Gasteiger partial charge on any atom is 0.247 e. The van der Waals surface area contributed by atoms with Crippen molar-refractivity contribution in [2.24, 2.45) is 0 Å². The minimum Gasteiger partial charge on any atom is -0.376 e. The highest BCUT2D eigenvalue weighted by Crippen LogP contribution is 2.23. The summed E-state index contributed by atoms with van der Waals surface area (Å²) in [4.78, 5) is 12.0. The standard InChI is InChI=1S/C19H26N2O3/c1-19(2,3)15-8-6-14(7-9-15)17(11-20)21-18(22)13-23-12-16-5-4-10-24-16/h6-9,16-17H,4-5,10,12-13H2,1-3H3,(H,21,22)/t16-,17-/m1/s1. The van der Waals surface area contributed by atoms with Crippen molar-refractivity contribution < 1.29 is 14.3 Å². The normalized spacial score (nSPS) is 18.8. The maximum atomic E-state index is 12.0. The molecule has 0 bridgehead atoms. The lowest BCUT2D eigenvalue weighted by Gasteiger charge is -2.20. The summed E-state index contributed by atoms with van der Waals surface area (Å²) in [6.07, 6.45) is 2.11. The van der Waals surface area contributed by atoms with E-state index in [1.54, 1.807) is 0 Å². The van der Waals surface area contributed by atoms with Gasteiger partial charge in [-0.3, -0.25) is 4.79 Å². The second-order valence-electron chi connectivity index (χ2n) is 7.15. The van der Waals surface area contributed by atoms with Crippen LogP contribution in [0.4, 0.5) is 0 Å². The molecule has 0 saturated carbocycles. The third-order valence-corrected chi connectivity index (χ3v) is 4.11. The Kier molecular flexibility index (Phi) is 6.36. The third kappa shape index (κ3) is 5.33. The third-order valence-electron chi connectivity index (χ3n) is 4.11. The first-order valence-electron chi connectivity index (χ1n) is 8.39. The summed E-state index contributed by atoms with van der Waals surface area (Å²) in [6.45, 7) is 7.54. The molecule has 1 N–H and O–H groups in total. The number of nitrogens with one attached hydrogen (secondary N) is 1. The van der Waals surface area contributed by atoms with Crippen LogP contribution in [-0.2, 0) is 19.7 Å². The van der Waals surface area contributed by atoms with Crippen LogP contribution < -0.4 is 5.32 Å². The Morgan fingerprint density at radius 3 is 2.67 bits per heavy atom. The van der Waals surface area contributed by atoms with Gasteiger partial charge in [-0.25, -0.2) is 0 Å². The molecule has 2 rings (SSSR count). The summed E-state index contributed by atoms with van der Waals surface area (Å²) < 4.78 is 10.8. The van der Waals surface area contributed by atoms with Gasteiger partial charge in [0.1, 0.15) is 12.6 Å². The summed E-state index contributed by atoms with van der Waals surface area (Å²) in [5, 5.41) is 12.0. The topological polar surface area (TPSA) is 71.4 Å². The van der Waals surface area contributed by atoms with Crippen molar-refractivity contribution in [2.45, 2.75) is 51.2 Å². The molecule has 1 aliphatic rings. The molecule has 0 aliphatic carbocycles. The molecule has 1 aromatic carbocycles. The number of nitrogens with zero attached hydrogens (tertiary/aromatic N) is 1. The van der Waals surface area contributed by atoms with Crippen molar-refractivity contribution in [2.75, 3.05) is 19.8 Å². The summed E-state index contributed by atoms with van der Waals surface area (Å²) in [6, 6.07) is 9.24. The Bertz CT molecular complexity index is 578. The molecule has 0 radical (unpaired) electrons. The maximum absolute atomic E-state index is 12.0. The smallest absolute Gasteiger partial charge is 0.247 e. The molecule has 0 unspecified atom stereocenters. The van der Waals surface area contributed by atoms with Gasteiger partial charge in [0.25, 0.3) is 0 Å². The first-order valence-corrected chi connectivity index (χ1v) is 8.39. The number of ether oxygens (including phenoxy) is 2. The van der Waals surface area contributed by atoms with E-state index in [0.717, 1.165) is 25.0 Å². The van der Waals surface area contributed by atoms with Crippen molar-refractivity contribution in [3.05, 3.63) is 35.4 Å². The van der Waals surface area contributed by atoms with Crippen LogP contribution in [0.25, 0.3) is 0 Å². The molecule has 0 aromatic heterocycles. The molecule has 24 heavy (non-hydrogen) atoms. The lowest BCUT2D eigenvalue weighted by atomic mass is 9.86. The fourth-order valence-electron chi connectivity index (χ4n) is 2.63. The minimum absolute atomic E-state index is 0.0556. The minimum atomic E-state index is -0.669. The highest BCUT2D eigenvalue weighted by atomic mass is 16.5. The van der Waals surface area contributed by atoms with E-state index < -0.39 is 6.04 Å². The van der Waals surface area contributed by atoms with Gasteiger partial charge in [0.05, 0.1) is 18.8 Å². The molecule has 1 aromatic rings. The monoisotopic (exact) mass is 330 g/mol. The highest BCUT2D eigenvalue weighted by molar-refractivity contribution is 5.78. The molecule has 1 saturated heterocycles. The Morgan fingerprint density at radius 1 is 1.42 bits per heavy atom. The fourth-order valence-corrected chi connectivity index (χ4v) is 2.63. The van der Waals surface area contributed by atoms with E-state index in [4.69, 9.17) is 9.47 Å². The number of amides is 1. The zero-order valence-corrected chi connectivity index (χ0v) is 14.7. The molecule has 0 spiro atoms. The van der Waals surface area contributed by atoms with Gasteiger partial charge in [-0.1, -0.05) is 45.0 Å². The number of nitriles is 1. The molecule has 1 amide bonds. The number of rotatable bonds is 6. The molecule has 5 heteroatoms. The van der Waals surface area contributed by atoms with Gasteiger partial charge in [-0.2, -0.15) is 5.26 Å². The number of carbonyl (C=O) groups is 1. The van der Waals surface area contributed by atoms with Crippen molar-refractivity contribution >= 4 is 5.91 Å². The lowest BCUT2D eigenvalue weighted by Crippen LogP contribution is -2.32. The van der Waals surface area contributed by atoms with Crippen LogP contribution in [0.5, 0.6) is 0 Å². The van der Waals surface area contributed by atoms with Crippen LogP contribution in [-0.4, -0.2) is 31.8 Å². The average molecular weight is 330 g/mol. The molecule has 1 fully saturated rings. The van der Waals surface area contributed by atoms with Gasteiger partial charge in [0, 0.05) is 6.61 Å². The van der Waals surface area contributed by atoms with Gasteiger partial charge in [-0.15, -0.1) is 0 Å². The SMILES string of the molecule is CC(C)(C)c1ccc([C@@H](C#N)NC(=O)COC[C@H]2CCCO2)cc1. The largest absolute Gasteiger partial charge is 0.376 e. The van der Waals surface area contributed by atoms with E-state index >= 15 is 0 Å². The van der Waals surface area contributed by atoms with Crippen LogP contribution in [0.15, 0.2) is 24.3 Å². The van der Waals surface area contributed by atoms with Crippen molar-refractivity contribution in [1.29, 1.82) is 5.26 Å². The number of hydrogen-bond acceptors (Lipinski definition) is 4. The highest BCUT2D eigenvalue weighted by Gasteiger charge is 2.19. The van der Waals surface area contributed by atoms with Gasteiger partial charge < -0.3 is 14.8 Å². The Balaban J connectivity index is 1.84. The summed E-state index contributed by atoms with van der Waals surface area (Å²) in [5.41, 5.74) is 2.02. The van der Waals surface area contributed by atoms with Gasteiger partial charge in [-0.05, 0) is 29.4 Å². The summed E-state index contributed by atoms with van der Waals surface area (Å²) in [5.74, 6) is -0.292. The average Bonchev–Trinajstić information content (AvgIpc) is 3.05. The van der Waals surface area contributed by atoms with Crippen LogP contribution >= 0.6 is 0 Å². The molecule has 2 atom stereocenters. The number of carbonyl (C=O) groups excluding carboxylic acids is 1. The Labute approximate surface area is 144 Å². The first-order chi connectivity index (χ1) is 11.4. The van der Waals surface area contributed by atoms with E-state index in [1.807, 2.05) is 24.3 Å². The molecule has 5 nitrogen and oxygen atoms in total. The predicted octanol–water partition coefficient (Wildman–Crippen LogP) is 2.86. The fraction of sp³-hybridized carbons (Fsp3) is 0.579. The van der Waals surface area contributed by atoms with E-state index in [1.165, 1.54) is 5.56 Å². The van der Waals surface area contributed by atoms with E-state index in [9.17, 15) is 10.1 Å². The van der Waals surface area contributed by atoms with Crippen LogP contribution in [0.1, 0.15) is 50.8 Å². The van der Waals surface area contributed by atoms with E-state index in [2.05, 4.69) is 32.2 Å². The van der Waals surface area contributed by atoms with Crippen molar-refractivity contribution in [3.8, 4) is 6.07 Å². The molecule has 130 valence electrons. The molecule has 1 heterocycles. The summed E-state index contributed by atoms with van der Waals surface area (Å²) >= 11 is 0. The molecule has 1 aliphatic heterocycles. The van der Waals surface area contributed by atoms with Gasteiger partial charge in [0.15, 0.2) is 0 Å². The Hall–Kier alpha value is -1.90. The number of hydrogen-bond donors (Lipinski definition) is 1. The van der Waals surface area contributed by atoms with E-state index in [0.29, 0.717) is 6.61 Å².